The molecular formula is C13H16N2O2S. The molecule has 0 radical (unpaired) electrons. The van der Waals surface area contributed by atoms with Gasteiger partial charge in [-0.05, 0) is 31.3 Å². The van der Waals surface area contributed by atoms with Crippen molar-refractivity contribution in [1.82, 2.24) is 9.80 Å². The summed E-state index contributed by atoms with van der Waals surface area (Å²) >= 11 is 5.20. The molecule has 0 amide bonds. The van der Waals surface area contributed by atoms with Crippen molar-refractivity contribution in [3.8, 4) is 5.75 Å². The number of nitrogens with zero attached hydrogens (tertiary/aromatic N) is 2. The van der Waals surface area contributed by atoms with E-state index in [-0.39, 0.29) is 12.0 Å². The van der Waals surface area contributed by atoms with Gasteiger partial charge in [0.2, 0.25) is 0 Å². The van der Waals surface area contributed by atoms with Crippen molar-refractivity contribution in [3.63, 3.8) is 0 Å². The lowest BCUT2D eigenvalue weighted by atomic mass is 10.2. The minimum Gasteiger partial charge on any atom is -0.507 e. The summed E-state index contributed by atoms with van der Waals surface area (Å²) in [5, 5.41) is 10.0. The molecule has 5 heteroatoms. The first kappa shape index (κ1) is 12.7. The van der Waals surface area contributed by atoms with Crippen LogP contribution in [0.1, 0.15) is 12.5 Å². The lowest BCUT2D eigenvalue weighted by Crippen LogP contribution is -2.34. The smallest absolute Gasteiger partial charge is 0.197 e. The van der Waals surface area contributed by atoms with Gasteiger partial charge >= 0.3 is 0 Å². The number of phenols is 1. The molecular weight excluding hydrogens is 248 g/mol. The Hall–Kier alpha value is -1.75. The van der Waals surface area contributed by atoms with Gasteiger partial charge in [-0.2, -0.15) is 0 Å². The maximum absolute atomic E-state index is 9.70. The number of para-hydroxylation sites is 1. The number of thiocarbonyl (C=S) groups is 1. The number of aromatic hydroxyl groups is 1. The van der Waals surface area contributed by atoms with Crippen molar-refractivity contribution in [2.75, 3.05) is 13.7 Å². The zero-order valence-corrected chi connectivity index (χ0v) is 11.2. The summed E-state index contributed by atoms with van der Waals surface area (Å²) in [6.07, 6.45) is 3.76. The molecule has 1 aliphatic rings. The number of ether oxygens (including phenoxy) is 1. The average molecular weight is 264 g/mol. The van der Waals surface area contributed by atoms with Gasteiger partial charge in [0.15, 0.2) is 11.3 Å². The average Bonchev–Trinajstić information content (AvgIpc) is 2.76. The first-order chi connectivity index (χ1) is 8.58. The fourth-order valence-corrected chi connectivity index (χ4v) is 2.03. The Labute approximate surface area is 112 Å². The van der Waals surface area contributed by atoms with Crippen LogP contribution in [0.2, 0.25) is 0 Å². The van der Waals surface area contributed by atoms with Crippen molar-refractivity contribution in [2.24, 2.45) is 0 Å². The monoisotopic (exact) mass is 264 g/mol. The van der Waals surface area contributed by atoms with Gasteiger partial charge < -0.3 is 19.6 Å². The highest BCUT2D eigenvalue weighted by molar-refractivity contribution is 7.80. The molecule has 1 atom stereocenters. The van der Waals surface area contributed by atoms with Crippen LogP contribution in [-0.4, -0.2) is 39.9 Å². The Morgan fingerprint density at radius 2 is 2.11 bits per heavy atom. The number of hydrogen-bond donors (Lipinski definition) is 1. The zero-order chi connectivity index (χ0) is 13.1. The maximum atomic E-state index is 9.70. The highest BCUT2D eigenvalue weighted by atomic mass is 32.1. The molecule has 0 bridgehead atoms. The maximum Gasteiger partial charge on any atom is 0.197 e. The third kappa shape index (κ3) is 2.73. The molecule has 0 spiro atoms. The molecule has 1 aromatic rings. The topological polar surface area (TPSA) is 35.9 Å². The molecule has 0 aliphatic carbocycles. The van der Waals surface area contributed by atoms with E-state index in [2.05, 4.69) is 0 Å². The van der Waals surface area contributed by atoms with E-state index in [1.54, 1.807) is 18.2 Å². The van der Waals surface area contributed by atoms with Gasteiger partial charge in [0.1, 0.15) is 5.75 Å². The third-order valence-corrected chi connectivity index (χ3v) is 3.08. The van der Waals surface area contributed by atoms with E-state index < -0.39 is 0 Å². The lowest BCUT2D eigenvalue weighted by molar-refractivity contribution is 0.0596. The first-order valence-electron chi connectivity index (χ1n) is 5.71. The fourth-order valence-electron chi connectivity index (χ4n) is 1.72. The second-order valence-corrected chi connectivity index (χ2v) is 4.60. The van der Waals surface area contributed by atoms with Crippen LogP contribution in [0.25, 0.3) is 0 Å². The van der Waals surface area contributed by atoms with Crippen molar-refractivity contribution < 1.29 is 9.84 Å². The van der Waals surface area contributed by atoms with E-state index in [1.807, 2.05) is 42.2 Å². The Morgan fingerprint density at radius 3 is 2.72 bits per heavy atom. The van der Waals surface area contributed by atoms with Gasteiger partial charge in [0, 0.05) is 19.4 Å². The SMILES string of the molecule is CC(OC(=S)c1ccccc1O)N1C=CN(C)C1. The normalized spacial score (nSPS) is 15.9. The lowest BCUT2D eigenvalue weighted by Gasteiger charge is -2.26. The van der Waals surface area contributed by atoms with E-state index >= 15 is 0 Å². The second kappa shape index (κ2) is 5.27. The summed E-state index contributed by atoms with van der Waals surface area (Å²) < 4.78 is 5.67. The second-order valence-electron chi connectivity index (χ2n) is 4.23. The Bertz CT molecular complexity index is 476. The molecule has 0 saturated heterocycles. The van der Waals surface area contributed by atoms with Crippen LogP contribution >= 0.6 is 12.2 Å². The van der Waals surface area contributed by atoms with Crippen LogP contribution in [0, 0.1) is 0 Å². The highest BCUT2D eigenvalue weighted by Gasteiger charge is 2.19. The van der Waals surface area contributed by atoms with Crippen molar-refractivity contribution in [1.29, 1.82) is 0 Å². The van der Waals surface area contributed by atoms with Crippen molar-refractivity contribution >= 4 is 17.3 Å². The van der Waals surface area contributed by atoms with Crippen molar-refractivity contribution in [3.05, 3.63) is 42.2 Å². The number of rotatable bonds is 3. The minimum absolute atomic E-state index is 0.142. The molecule has 4 nitrogen and oxygen atoms in total. The largest absolute Gasteiger partial charge is 0.507 e. The summed E-state index contributed by atoms with van der Waals surface area (Å²) in [4.78, 5) is 4.06. The van der Waals surface area contributed by atoms with Gasteiger partial charge in [-0.3, -0.25) is 0 Å². The molecule has 0 fully saturated rings. The number of hydrogen-bond acceptors (Lipinski definition) is 5. The van der Waals surface area contributed by atoms with Crippen LogP contribution in [0.15, 0.2) is 36.7 Å². The molecule has 1 heterocycles. The molecule has 1 aliphatic heterocycles. The molecule has 1 aromatic carbocycles. The molecule has 96 valence electrons. The fraction of sp³-hybridized carbons (Fsp3) is 0.308. The van der Waals surface area contributed by atoms with Crippen LogP contribution in [0.3, 0.4) is 0 Å². The third-order valence-electron chi connectivity index (χ3n) is 2.77. The van der Waals surface area contributed by atoms with Gasteiger partial charge in [-0.1, -0.05) is 12.1 Å². The summed E-state index contributed by atoms with van der Waals surface area (Å²) in [5.41, 5.74) is 0.552. The number of benzene rings is 1. The first-order valence-corrected chi connectivity index (χ1v) is 6.12. The summed E-state index contributed by atoms with van der Waals surface area (Å²) in [5.74, 6) is 0.142. The Kier molecular flexibility index (Phi) is 3.72. The van der Waals surface area contributed by atoms with E-state index in [4.69, 9.17) is 17.0 Å². The van der Waals surface area contributed by atoms with Gasteiger partial charge in [-0.25, -0.2) is 0 Å². The zero-order valence-electron chi connectivity index (χ0n) is 10.4. The molecule has 0 saturated carbocycles. The highest BCUT2D eigenvalue weighted by Crippen LogP contribution is 2.19. The molecule has 18 heavy (non-hydrogen) atoms. The standard InChI is InChI=1S/C13H16N2O2S/c1-10(15-8-7-14(2)9-15)17-13(18)11-5-3-4-6-12(11)16/h3-8,10,16H,9H2,1-2H3. The van der Waals surface area contributed by atoms with E-state index in [0.29, 0.717) is 10.6 Å². The summed E-state index contributed by atoms with van der Waals surface area (Å²) in [6.45, 7) is 2.69. The summed E-state index contributed by atoms with van der Waals surface area (Å²) in [7, 11) is 1.99. The molecule has 0 aromatic heterocycles. The van der Waals surface area contributed by atoms with E-state index in [9.17, 15) is 5.11 Å². The van der Waals surface area contributed by atoms with E-state index in [1.165, 1.54) is 0 Å². The number of phenolic OH excluding ortho intramolecular Hbond substituents is 1. The predicted octanol–water partition coefficient (Wildman–Crippen LogP) is 2.11. The Balaban J connectivity index is 2.00. The van der Waals surface area contributed by atoms with Gasteiger partial charge in [0.05, 0.1) is 12.2 Å². The summed E-state index contributed by atoms with van der Waals surface area (Å²) in [6, 6.07) is 6.91. The molecule has 1 N–H and O–H groups in total. The van der Waals surface area contributed by atoms with E-state index in [0.717, 1.165) is 6.67 Å². The van der Waals surface area contributed by atoms with Crippen LogP contribution in [0.5, 0.6) is 5.75 Å². The van der Waals surface area contributed by atoms with Crippen molar-refractivity contribution in [2.45, 2.75) is 13.2 Å². The Morgan fingerprint density at radius 1 is 1.39 bits per heavy atom. The van der Waals surface area contributed by atoms with Crippen LogP contribution in [0.4, 0.5) is 0 Å². The minimum atomic E-state index is -0.168. The quantitative estimate of drug-likeness (QED) is 0.846. The van der Waals surface area contributed by atoms with Crippen LogP contribution in [-0.2, 0) is 4.74 Å². The molecule has 2 rings (SSSR count). The van der Waals surface area contributed by atoms with Crippen LogP contribution < -0.4 is 0 Å². The van der Waals surface area contributed by atoms with Gasteiger partial charge in [-0.15, -0.1) is 0 Å². The molecule has 1 unspecified atom stereocenters. The predicted molar refractivity (Wildman–Crippen MR) is 74.0 cm³/mol. The van der Waals surface area contributed by atoms with Gasteiger partial charge in [0.25, 0.3) is 0 Å².